The summed E-state index contributed by atoms with van der Waals surface area (Å²) in [5.74, 6) is 0.689. The van der Waals surface area contributed by atoms with Crippen molar-refractivity contribution < 1.29 is 4.74 Å². The molecule has 0 aliphatic carbocycles. The average Bonchev–Trinajstić information content (AvgIpc) is 2.84. The van der Waals surface area contributed by atoms with E-state index < -0.39 is 0 Å². The molecule has 88 valence electrons. The first-order chi connectivity index (χ1) is 7.86. The standard InChI is InChI=1S/C13H20N2O/c1-11(13-5-8-16-10-13)15-7-4-12-3-2-6-14-9-12/h2-3,6,9,11,13,15H,4-5,7-8,10H2,1H3. The van der Waals surface area contributed by atoms with Gasteiger partial charge in [0.05, 0.1) is 6.61 Å². The first kappa shape index (κ1) is 11.6. The fourth-order valence-electron chi connectivity index (χ4n) is 2.10. The van der Waals surface area contributed by atoms with Gasteiger partial charge in [-0.05, 0) is 43.9 Å². The van der Waals surface area contributed by atoms with Crippen LogP contribution in [0.2, 0.25) is 0 Å². The van der Waals surface area contributed by atoms with Gasteiger partial charge in [0, 0.05) is 25.0 Å². The van der Waals surface area contributed by atoms with Crippen molar-refractivity contribution in [1.29, 1.82) is 0 Å². The highest BCUT2D eigenvalue weighted by Gasteiger charge is 2.21. The molecule has 0 amide bonds. The normalized spacial score (nSPS) is 22.2. The molecule has 0 radical (unpaired) electrons. The van der Waals surface area contributed by atoms with Crippen LogP contribution in [-0.2, 0) is 11.2 Å². The van der Waals surface area contributed by atoms with E-state index in [9.17, 15) is 0 Å². The van der Waals surface area contributed by atoms with Crippen molar-refractivity contribution in [3.63, 3.8) is 0 Å². The Balaban J connectivity index is 1.67. The molecule has 0 spiro atoms. The molecule has 0 bridgehead atoms. The molecule has 1 aromatic heterocycles. The zero-order valence-electron chi connectivity index (χ0n) is 9.86. The number of ether oxygens (including phenoxy) is 1. The number of nitrogens with one attached hydrogen (secondary N) is 1. The Kier molecular flexibility index (Phi) is 4.31. The summed E-state index contributed by atoms with van der Waals surface area (Å²) in [6.07, 6.45) is 5.99. The Morgan fingerprint density at radius 2 is 2.56 bits per heavy atom. The van der Waals surface area contributed by atoms with E-state index in [1.807, 2.05) is 18.5 Å². The molecule has 0 aromatic carbocycles. The first-order valence-corrected chi connectivity index (χ1v) is 6.06. The highest BCUT2D eigenvalue weighted by atomic mass is 16.5. The van der Waals surface area contributed by atoms with Crippen LogP contribution in [0.1, 0.15) is 18.9 Å². The van der Waals surface area contributed by atoms with Crippen molar-refractivity contribution in [2.24, 2.45) is 5.92 Å². The van der Waals surface area contributed by atoms with Gasteiger partial charge >= 0.3 is 0 Å². The van der Waals surface area contributed by atoms with Crippen LogP contribution in [0.3, 0.4) is 0 Å². The molecule has 3 heteroatoms. The summed E-state index contributed by atoms with van der Waals surface area (Å²) in [4.78, 5) is 4.11. The molecule has 1 saturated heterocycles. The number of nitrogens with zero attached hydrogens (tertiary/aromatic N) is 1. The summed E-state index contributed by atoms with van der Waals surface area (Å²) in [6, 6.07) is 4.67. The van der Waals surface area contributed by atoms with Crippen LogP contribution in [0.25, 0.3) is 0 Å². The molecule has 1 aromatic rings. The predicted molar refractivity (Wildman–Crippen MR) is 64.3 cm³/mol. The van der Waals surface area contributed by atoms with Gasteiger partial charge in [-0.3, -0.25) is 4.98 Å². The van der Waals surface area contributed by atoms with E-state index in [0.29, 0.717) is 12.0 Å². The zero-order valence-corrected chi connectivity index (χ0v) is 9.86. The smallest absolute Gasteiger partial charge is 0.0509 e. The van der Waals surface area contributed by atoms with Gasteiger partial charge in [-0.2, -0.15) is 0 Å². The third-order valence-electron chi connectivity index (χ3n) is 3.27. The third-order valence-corrected chi connectivity index (χ3v) is 3.27. The highest BCUT2D eigenvalue weighted by Crippen LogP contribution is 2.16. The topological polar surface area (TPSA) is 34.2 Å². The highest BCUT2D eigenvalue weighted by molar-refractivity contribution is 5.08. The molecule has 1 aliphatic heterocycles. The fraction of sp³-hybridized carbons (Fsp3) is 0.615. The maximum absolute atomic E-state index is 5.39. The minimum absolute atomic E-state index is 0.555. The van der Waals surface area contributed by atoms with Crippen molar-refractivity contribution in [2.75, 3.05) is 19.8 Å². The molecule has 2 unspecified atom stereocenters. The molecular formula is C13H20N2O. The summed E-state index contributed by atoms with van der Waals surface area (Å²) in [5.41, 5.74) is 1.30. The molecule has 16 heavy (non-hydrogen) atoms. The zero-order chi connectivity index (χ0) is 11.2. The van der Waals surface area contributed by atoms with E-state index in [0.717, 1.165) is 26.2 Å². The van der Waals surface area contributed by atoms with Gasteiger partial charge in [-0.1, -0.05) is 6.07 Å². The van der Waals surface area contributed by atoms with Crippen molar-refractivity contribution in [3.8, 4) is 0 Å². The van der Waals surface area contributed by atoms with E-state index in [1.54, 1.807) is 0 Å². The SMILES string of the molecule is CC(NCCc1cccnc1)C1CCOC1. The monoisotopic (exact) mass is 220 g/mol. The molecular weight excluding hydrogens is 200 g/mol. The lowest BCUT2D eigenvalue weighted by Crippen LogP contribution is -2.35. The van der Waals surface area contributed by atoms with Crippen LogP contribution in [0.4, 0.5) is 0 Å². The van der Waals surface area contributed by atoms with Crippen molar-refractivity contribution in [3.05, 3.63) is 30.1 Å². The second kappa shape index (κ2) is 5.97. The molecule has 1 fully saturated rings. The third kappa shape index (κ3) is 3.29. The average molecular weight is 220 g/mol. The summed E-state index contributed by atoms with van der Waals surface area (Å²) in [6.45, 7) is 5.12. The Morgan fingerprint density at radius 3 is 3.25 bits per heavy atom. The predicted octanol–water partition coefficient (Wildman–Crippen LogP) is 1.64. The van der Waals surface area contributed by atoms with E-state index >= 15 is 0 Å². The Labute approximate surface area is 97.2 Å². The molecule has 2 atom stereocenters. The van der Waals surface area contributed by atoms with Gasteiger partial charge in [-0.15, -0.1) is 0 Å². The van der Waals surface area contributed by atoms with Gasteiger partial charge in [-0.25, -0.2) is 0 Å². The van der Waals surface area contributed by atoms with Gasteiger partial charge < -0.3 is 10.1 Å². The molecule has 2 rings (SSSR count). The van der Waals surface area contributed by atoms with Crippen LogP contribution in [0.15, 0.2) is 24.5 Å². The summed E-state index contributed by atoms with van der Waals surface area (Å²) < 4.78 is 5.39. The van der Waals surface area contributed by atoms with Gasteiger partial charge in [0.2, 0.25) is 0 Å². The van der Waals surface area contributed by atoms with E-state index in [2.05, 4.69) is 23.3 Å². The fourth-order valence-corrected chi connectivity index (χ4v) is 2.10. The van der Waals surface area contributed by atoms with E-state index in [1.165, 1.54) is 12.0 Å². The van der Waals surface area contributed by atoms with Crippen LogP contribution < -0.4 is 5.32 Å². The number of hydrogen-bond donors (Lipinski definition) is 1. The van der Waals surface area contributed by atoms with E-state index in [-0.39, 0.29) is 0 Å². The minimum Gasteiger partial charge on any atom is -0.381 e. The van der Waals surface area contributed by atoms with Crippen LogP contribution in [0.5, 0.6) is 0 Å². The summed E-state index contributed by atoms with van der Waals surface area (Å²) in [7, 11) is 0. The Morgan fingerprint density at radius 1 is 1.62 bits per heavy atom. The van der Waals surface area contributed by atoms with Crippen LogP contribution >= 0.6 is 0 Å². The van der Waals surface area contributed by atoms with Gasteiger partial charge in [0.15, 0.2) is 0 Å². The molecule has 3 nitrogen and oxygen atoms in total. The number of aromatic nitrogens is 1. The van der Waals surface area contributed by atoms with Crippen molar-refractivity contribution in [2.45, 2.75) is 25.8 Å². The second-order valence-electron chi connectivity index (χ2n) is 4.48. The van der Waals surface area contributed by atoms with Gasteiger partial charge in [0.25, 0.3) is 0 Å². The first-order valence-electron chi connectivity index (χ1n) is 6.06. The molecule has 2 heterocycles. The largest absolute Gasteiger partial charge is 0.381 e. The second-order valence-corrected chi connectivity index (χ2v) is 4.48. The number of pyridine rings is 1. The lowest BCUT2D eigenvalue weighted by molar-refractivity contribution is 0.178. The van der Waals surface area contributed by atoms with Gasteiger partial charge in [0.1, 0.15) is 0 Å². The van der Waals surface area contributed by atoms with Crippen LogP contribution in [-0.4, -0.2) is 30.8 Å². The quantitative estimate of drug-likeness (QED) is 0.819. The Hall–Kier alpha value is -0.930. The molecule has 1 aliphatic rings. The summed E-state index contributed by atoms with van der Waals surface area (Å²) in [5, 5.41) is 3.57. The summed E-state index contributed by atoms with van der Waals surface area (Å²) >= 11 is 0. The van der Waals surface area contributed by atoms with Crippen LogP contribution in [0, 0.1) is 5.92 Å². The maximum Gasteiger partial charge on any atom is 0.0509 e. The van der Waals surface area contributed by atoms with Crippen molar-refractivity contribution >= 4 is 0 Å². The molecule has 0 saturated carbocycles. The van der Waals surface area contributed by atoms with E-state index in [4.69, 9.17) is 4.74 Å². The lowest BCUT2D eigenvalue weighted by atomic mass is 10.0. The molecule has 1 N–H and O–H groups in total. The number of hydrogen-bond acceptors (Lipinski definition) is 3. The number of rotatable bonds is 5. The van der Waals surface area contributed by atoms with Crippen molar-refractivity contribution in [1.82, 2.24) is 10.3 Å². The minimum atomic E-state index is 0.555. The Bertz CT molecular complexity index is 296. The lowest BCUT2D eigenvalue weighted by Gasteiger charge is -2.19. The maximum atomic E-state index is 5.39.